The Kier molecular flexibility index (Phi) is 22.7. The van der Waals surface area contributed by atoms with Crippen LogP contribution in [0.2, 0.25) is 0 Å². The Hall–Kier alpha value is -8.67. The summed E-state index contributed by atoms with van der Waals surface area (Å²) in [6.07, 6.45) is 16.2. The minimum atomic E-state index is -1.12. The molecule has 3 fully saturated rings. The Labute approximate surface area is 474 Å². The fourth-order valence-electron chi connectivity index (χ4n) is 9.97. The third-order valence-corrected chi connectivity index (χ3v) is 14.9. The van der Waals surface area contributed by atoms with Crippen molar-refractivity contribution in [1.82, 2.24) is 0 Å². The van der Waals surface area contributed by atoms with E-state index in [1.54, 1.807) is 36.4 Å². The standard InChI is InChI=1S/C67H68O14/c1-4-47-11-13-48(14-12-47)15-16-49-17-19-50(20-18-49)37-40-67(81-66(74)57-31-35-59(36-32-57)80-65(73)56-27-23-54(24-28-56)63(71)78-46-10-8-44-76-61(69)6-3)41-38-52(39-42-67)51-29-33-58(34-30-51)79-64(72)55-25-21-53(22-26-55)62(70)77-45-9-7-43-75-60(68)5-2/h1,5-6,11-14,17-20,29-36,52-56H,2-3,7-10,21-28,38-39,41-46H2. The highest BCUT2D eigenvalue weighted by atomic mass is 16.6. The molecule has 4 aromatic carbocycles. The third-order valence-electron chi connectivity index (χ3n) is 14.9. The minimum absolute atomic E-state index is 0.116. The van der Waals surface area contributed by atoms with Crippen molar-refractivity contribution in [2.24, 2.45) is 23.7 Å². The highest BCUT2D eigenvalue weighted by molar-refractivity contribution is 5.90. The van der Waals surface area contributed by atoms with Crippen LogP contribution in [0.1, 0.15) is 147 Å². The van der Waals surface area contributed by atoms with Gasteiger partial charge in [-0.25, -0.2) is 14.4 Å². The molecule has 0 atom stereocenters. The van der Waals surface area contributed by atoms with Crippen LogP contribution in [0.5, 0.6) is 11.5 Å². The number of unbranched alkanes of at least 4 members (excludes halogenated alkanes) is 2. The first-order chi connectivity index (χ1) is 39.3. The van der Waals surface area contributed by atoms with E-state index < -0.39 is 29.5 Å². The van der Waals surface area contributed by atoms with Gasteiger partial charge in [0.05, 0.1) is 55.7 Å². The molecule has 3 saturated carbocycles. The van der Waals surface area contributed by atoms with Crippen LogP contribution in [0.25, 0.3) is 0 Å². The lowest BCUT2D eigenvalue weighted by Crippen LogP contribution is -2.37. The van der Waals surface area contributed by atoms with E-state index in [4.69, 9.17) is 39.6 Å². The summed E-state index contributed by atoms with van der Waals surface area (Å²) < 4.78 is 38.7. The van der Waals surface area contributed by atoms with Crippen LogP contribution in [0, 0.1) is 59.7 Å². The highest BCUT2D eigenvalue weighted by Crippen LogP contribution is 2.41. The van der Waals surface area contributed by atoms with Crippen LogP contribution in [-0.2, 0) is 52.5 Å². The number of hydrogen-bond donors (Lipinski definition) is 0. The number of carbonyl (C=O) groups excluding carboxylic acids is 7. The lowest BCUT2D eigenvalue weighted by atomic mass is 9.76. The second-order valence-corrected chi connectivity index (χ2v) is 20.5. The fourth-order valence-corrected chi connectivity index (χ4v) is 9.97. The van der Waals surface area contributed by atoms with Crippen LogP contribution >= 0.6 is 0 Å². The molecule has 3 aliphatic carbocycles. The van der Waals surface area contributed by atoms with Gasteiger partial charge < -0.3 is 33.2 Å². The predicted molar refractivity (Wildman–Crippen MR) is 301 cm³/mol. The Bertz CT molecular complexity index is 3010. The van der Waals surface area contributed by atoms with Crippen molar-refractivity contribution in [3.63, 3.8) is 0 Å². The van der Waals surface area contributed by atoms with Gasteiger partial charge in [-0.05, 0) is 205 Å². The van der Waals surface area contributed by atoms with Crippen LogP contribution in [0.15, 0.2) is 122 Å². The Morgan fingerprint density at radius 2 is 0.840 bits per heavy atom. The van der Waals surface area contributed by atoms with Crippen LogP contribution < -0.4 is 9.47 Å². The van der Waals surface area contributed by atoms with E-state index in [0.717, 1.165) is 40.0 Å². The third kappa shape index (κ3) is 18.7. The number of ether oxygens (including phenoxy) is 7. The molecule has 420 valence electrons. The number of hydrogen-bond acceptors (Lipinski definition) is 14. The number of benzene rings is 4. The monoisotopic (exact) mass is 1100 g/mol. The lowest BCUT2D eigenvalue weighted by Gasteiger charge is -2.36. The van der Waals surface area contributed by atoms with Gasteiger partial charge in [-0.2, -0.15) is 0 Å². The average molecular weight is 1100 g/mol. The molecule has 14 nitrogen and oxygen atoms in total. The van der Waals surface area contributed by atoms with E-state index in [0.29, 0.717) is 108 Å². The van der Waals surface area contributed by atoms with Gasteiger partial charge in [0, 0.05) is 34.4 Å². The molecule has 0 saturated heterocycles. The van der Waals surface area contributed by atoms with E-state index in [1.165, 1.54) is 0 Å². The summed E-state index contributed by atoms with van der Waals surface area (Å²) in [4.78, 5) is 88.1. The van der Waals surface area contributed by atoms with E-state index in [-0.39, 0.29) is 85.2 Å². The maximum atomic E-state index is 14.0. The second kappa shape index (κ2) is 30.6. The molecule has 0 N–H and O–H groups in total. The van der Waals surface area contributed by atoms with Gasteiger partial charge in [0.2, 0.25) is 0 Å². The van der Waals surface area contributed by atoms with Crippen molar-refractivity contribution < 1.29 is 66.7 Å². The number of carbonyl (C=O) groups is 7. The lowest BCUT2D eigenvalue weighted by molar-refractivity contribution is -0.152. The minimum Gasteiger partial charge on any atom is -0.465 e. The molecule has 0 spiro atoms. The first-order valence-corrected chi connectivity index (χ1v) is 27.8. The molecule has 14 heteroatoms. The molecule has 0 heterocycles. The summed E-state index contributed by atoms with van der Waals surface area (Å²) in [6, 6.07) is 28.8. The summed E-state index contributed by atoms with van der Waals surface area (Å²) in [5.41, 5.74) is 3.34. The van der Waals surface area contributed by atoms with Crippen molar-refractivity contribution >= 4 is 41.8 Å². The number of terminal acetylenes is 1. The summed E-state index contributed by atoms with van der Waals surface area (Å²) >= 11 is 0. The number of esters is 7. The van der Waals surface area contributed by atoms with Crippen molar-refractivity contribution in [3.05, 3.63) is 156 Å². The van der Waals surface area contributed by atoms with Crippen LogP contribution in [0.4, 0.5) is 0 Å². The van der Waals surface area contributed by atoms with E-state index >= 15 is 0 Å². The largest absolute Gasteiger partial charge is 0.465 e. The van der Waals surface area contributed by atoms with Gasteiger partial charge in [-0.15, -0.1) is 6.42 Å². The van der Waals surface area contributed by atoms with Crippen LogP contribution in [-0.4, -0.2) is 73.8 Å². The summed E-state index contributed by atoms with van der Waals surface area (Å²) in [5.74, 6) is 12.2. The van der Waals surface area contributed by atoms with Gasteiger partial charge in [0.15, 0.2) is 5.60 Å². The Morgan fingerprint density at radius 3 is 1.25 bits per heavy atom. The first-order valence-electron chi connectivity index (χ1n) is 27.8. The summed E-state index contributed by atoms with van der Waals surface area (Å²) in [6.45, 7) is 7.63. The molecular weight excluding hydrogens is 1030 g/mol. The molecule has 81 heavy (non-hydrogen) atoms. The van der Waals surface area contributed by atoms with Crippen molar-refractivity contribution in [2.75, 3.05) is 26.4 Å². The molecule has 0 amide bonds. The quantitative estimate of drug-likeness (QED) is 0.0192. The molecule has 0 aliphatic heterocycles. The first kappa shape index (κ1) is 60.0. The maximum Gasteiger partial charge on any atom is 0.339 e. The second-order valence-electron chi connectivity index (χ2n) is 20.5. The van der Waals surface area contributed by atoms with Gasteiger partial charge in [0.25, 0.3) is 0 Å². The molecule has 0 unspecified atom stereocenters. The molecule has 4 aromatic rings. The molecule has 0 bridgehead atoms. The topological polar surface area (TPSA) is 184 Å². The summed E-state index contributed by atoms with van der Waals surface area (Å²) in [5, 5.41) is 0. The molecule has 3 aliphatic rings. The molecule has 0 aromatic heterocycles. The normalized spacial score (nSPS) is 20.1. The maximum absolute atomic E-state index is 14.0. The number of rotatable bonds is 21. The van der Waals surface area contributed by atoms with Crippen molar-refractivity contribution in [1.29, 1.82) is 0 Å². The zero-order chi connectivity index (χ0) is 57.4. The van der Waals surface area contributed by atoms with Gasteiger partial charge >= 0.3 is 41.8 Å². The van der Waals surface area contributed by atoms with Gasteiger partial charge in [-0.3, -0.25) is 19.2 Å². The van der Waals surface area contributed by atoms with Crippen molar-refractivity contribution in [2.45, 2.75) is 114 Å². The SMILES string of the molecule is C#Cc1ccc(C#Cc2ccc(C#CC3(OC(=O)c4ccc(OC(=O)C5CCC(C(=O)OCCCCOC(=O)C=C)CC5)cc4)CCC(c4ccc(OC(=O)C5CCC(C(=O)OCCCCOC(=O)C=C)CC5)cc4)CC3)cc2)cc1. The van der Waals surface area contributed by atoms with E-state index in [2.05, 4.69) is 42.8 Å². The fraction of sp³-hybridized carbons (Fsp3) is 0.388. The zero-order valence-corrected chi connectivity index (χ0v) is 45.6. The van der Waals surface area contributed by atoms with Gasteiger partial charge in [0.1, 0.15) is 11.5 Å². The highest BCUT2D eigenvalue weighted by Gasteiger charge is 2.39. The average Bonchev–Trinajstić information content (AvgIpc) is 3.51. The molecular formula is C67H68O14. The Balaban J connectivity index is 0.918. The van der Waals surface area contributed by atoms with E-state index in [9.17, 15) is 33.6 Å². The zero-order valence-electron chi connectivity index (χ0n) is 45.6. The molecule has 0 radical (unpaired) electrons. The molecule has 7 rings (SSSR count). The van der Waals surface area contributed by atoms with E-state index in [1.807, 2.05) is 60.7 Å². The smallest absolute Gasteiger partial charge is 0.339 e. The van der Waals surface area contributed by atoms with Gasteiger partial charge in [-0.1, -0.05) is 49.0 Å². The van der Waals surface area contributed by atoms with Crippen molar-refractivity contribution in [3.8, 4) is 47.5 Å². The van der Waals surface area contributed by atoms with Crippen LogP contribution in [0.3, 0.4) is 0 Å². The summed E-state index contributed by atoms with van der Waals surface area (Å²) in [7, 11) is 0. The predicted octanol–water partition coefficient (Wildman–Crippen LogP) is 10.9. The Morgan fingerprint density at radius 1 is 0.469 bits per heavy atom.